The van der Waals surface area contributed by atoms with Gasteiger partial charge >= 0.3 is 0 Å². The van der Waals surface area contributed by atoms with Gasteiger partial charge in [0.15, 0.2) is 5.78 Å². The topological polar surface area (TPSA) is 40.5 Å². The standard InChI is InChI=1S/C15H22FNO2/c1-3-4-9-17(10-11-18)12(2)15(19)13-5-7-14(16)8-6-13/h5-8,12,18H,3-4,9-11H2,1-2H3. The Bertz CT molecular complexity index is 392. The molecule has 3 nitrogen and oxygen atoms in total. The van der Waals surface area contributed by atoms with Crippen molar-refractivity contribution in [2.75, 3.05) is 19.7 Å². The monoisotopic (exact) mass is 267 g/mol. The van der Waals surface area contributed by atoms with Crippen LogP contribution in [0.4, 0.5) is 4.39 Å². The SMILES string of the molecule is CCCCN(CCO)C(C)C(=O)c1ccc(F)cc1. The van der Waals surface area contributed by atoms with Gasteiger partial charge in [0.2, 0.25) is 0 Å². The van der Waals surface area contributed by atoms with Crippen LogP contribution in [0.1, 0.15) is 37.0 Å². The van der Waals surface area contributed by atoms with Crippen LogP contribution in [0.3, 0.4) is 0 Å². The Morgan fingerprint density at radius 3 is 2.47 bits per heavy atom. The van der Waals surface area contributed by atoms with Crippen molar-refractivity contribution in [1.29, 1.82) is 0 Å². The molecule has 0 aliphatic rings. The minimum Gasteiger partial charge on any atom is -0.395 e. The lowest BCUT2D eigenvalue weighted by atomic mass is 10.0. The van der Waals surface area contributed by atoms with E-state index in [9.17, 15) is 9.18 Å². The molecule has 0 radical (unpaired) electrons. The summed E-state index contributed by atoms with van der Waals surface area (Å²) in [7, 11) is 0. The van der Waals surface area contributed by atoms with Crippen molar-refractivity contribution in [2.45, 2.75) is 32.7 Å². The van der Waals surface area contributed by atoms with Crippen molar-refractivity contribution in [2.24, 2.45) is 0 Å². The summed E-state index contributed by atoms with van der Waals surface area (Å²) in [5, 5.41) is 9.07. The number of hydrogen-bond donors (Lipinski definition) is 1. The van der Waals surface area contributed by atoms with Crippen LogP contribution in [-0.2, 0) is 0 Å². The van der Waals surface area contributed by atoms with Gasteiger partial charge < -0.3 is 5.11 Å². The molecule has 0 bridgehead atoms. The van der Waals surface area contributed by atoms with Gasteiger partial charge in [-0.2, -0.15) is 0 Å². The first kappa shape index (κ1) is 15.8. The second-order valence-electron chi connectivity index (χ2n) is 4.66. The number of rotatable bonds is 8. The summed E-state index contributed by atoms with van der Waals surface area (Å²) in [5.41, 5.74) is 0.508. The van der Waals surface area contributed by atoms with Crippen molar-refractivity contribution < 1.29 is 14.3 Å². The average Bonchev–Trinajstić information content (AvgIpc) is 2.42. The second kappa shape index (κ2) is 8.02. The molecule has 106 valence electrons. The lowest BCUT2D eigenvalue weighted by Crippen LogP contribution is -2.41. The fourth-order valence-corrected chi connectivity index (χ4v) is 2.01. The van der Waals surface area contributed by atoms with Crippen LogP contribution in [-0.4, -0.2) is 41.5 Å². The van der Waals surface area contributed by atoms with Crippen LogP contribution in [0, 0.1) is 5.82 Å². The summed E-state index contributed by atoms with van der Waals surface area (Å²) in [4.78, 5) is 14.3. The summed E-state index contributed by atoms with van der Waals surface area (Å²) >= 11 is 0. The van der Waals surface area contributed by atoms with Crippen molar-refractivity contribution >= 4 is 5.78 Å². The third-order valence-electron chi connectivity index (χ3n) is 3.24. The van der Waals surface area contributed by atoms with Crippen LogP contribution < -0.4 is 0 Å². The van der Waals surface area contributed by atoms with Crippen LogP contribution in [0.25, 0.3) is 0 Å². The van der Waals surface area contributed by atoms with E-state index >= 15 is 0 Å². The van der Waals surface area contributed by atoms with Crippen molar-refractivity contribution in [3.8, 4) is 0 Å². The highest BCUT2D eigenvalue weighted by atomic mass is 19.1. The van der Waals surface area contributed by atoms with Gasteiger partial charge in [-0.3, -0.25) is 9.69 Å². The highest BCUT2D eigenvalue weighted by Gasteiger charge is 2.21. The van der Waals surface area contributed by atoms with Gasteiger partial charge in [0.05, 0.1) is 12.6 Å². The molecular weight excluding hydrogens is 245 g/mol. The molecule has 0 aliphatic heterocycles. The highest BCUT2D eigenvalue weighted by molar-refractivity contribution is 5.99. The highest BCUT2D eigenvalue weighted by Crippen LogP contribution is 2.11. The van der Waals surface area contributed by atoms with Crippen molar-refractivity contribution in [3.05, 3.63) is 35.6 Å². The Balaban J connectivity index is 2.74. The fourth-order valence-electron chi connectivity index (χ4n) is 2.01. The Labute approximate surface area is 114 Å². The maximum Gasteiger partial charge on any atom is 0.179 e. The van der Waals surface area contributed by atoms with Crippen molar-refractivity contribution in [3.63, 3.8) is 0 Å². The molecule has 19 heavy (non-hydrogen) atoms. The van der Waals surface area contributed by atoms with E-state index in [0.29, 0.717) is 12.1 Å². The van der Waals surface area contributed by atoms with Crippen LogP contribution >= 0.6 is 0 Å². The molecule has 1 unspecified atom stereocenters. The number of nitrogens with zero attached hydrogens (tertiary/aromatic N) is 1. The largest absolute Gasteiger partial charge is 0.395 e. The van der Waals surface area contributed by atoms with Crippen molar-refractivity contribution in [1.82, 2.24) is 4.90 Å². The van der Waals surface area contributed by atoms with Gasteiger partial charge in [-0.15, -0.1) is 0 Å². The molecule has 0 spiro atoms. The van der Waals surface area contributed by atoms with Crippen LogP contribution in [0.2, 0.25) is 0 Å². The van der Waals surface area contributed by atoms with E-state index in [-0.39, 0.29) is 24.2 Å². The first-order chi connectivity index (χ1) is 9.10. The summed E-state index contributed by atoms with van der Waals surface area (Å²) in [5.74, 6) is -0.382. The number of carbonyl (C=O) groups excluding carboxylic acids is 1. The zero-order chi connectivity index (χ0) is 14.3. The van der Waals surface area contributed by atoms with Crippen LogP contribution in [0.5, 0.6) is 0 Å². The molecule has 0 saturated heterocycles. The van der Waals surface area contributed by atoms with Gasteiger partial charge in [-0.05, 0) is 44.2 Å². The first-order valence-electron chi connectivity index (χ1n) is 6.74. The number of ketones is 1. The predicted molar refractivity (Wildman–Crippen MR) is 73.8 cm³/mol. The molecule has 0 fully saturated rings. The molecular formula is C15H22FNO2. The van der Waals surface area contributed by atoms with Crippen LogP contribution in [0.15, 0.2) is 24.3 Å². The minimum absolute atomic E-state index is 0.0325. The maximum atomic E-state index is 12.8. The molecule has 1 aromatic rings. The van der Waals surface area contributed by atoms with Gasteiger partial charge in [-0.1, -0.05) is 13.3 Å². The van der Waals surface area contributed by atoms with Gasteiger partial charge in [0.1, 0.15) is 5.82 Å². The minimum atomic E-state index is -0.345. The molecule has 0 aromatic heterocycles. The number of halogens is 1. The van der Waals surface area contributed by atoms with Gasteiger partial charge in [-0.25, -0.2) is 4.39 Å². The fraction of sp³-hybridized carbons (Fsp3) is 0.533. The lowest BCUT2D eigenvalue weighted by molar-refractivity contribution is 0.0805. The van der Waals surface area contributed by atoms with Gasteiger partial charge in [0, 0.05) is 12.1 Å². The first-order valence-corrected chi connectivity index (χ1v) is 6.74. The van der Waals surface area contributed by atoms with Gasteiger partial charge in [0.25, 0.3) is 0 Å². The second-order valence-corrected chi connectivity index (χ2v) is 4.66. The summed E-state index contributed by atoms with van der Waals surface area (Å²) in [6.07, 6.45) is 2.03. The smallest absolute Gasteiger partial charge is 0.179 e. The maximum absolute atomic E-state index is 12.8. The van der Waals surface area contributed by atoms with E-state index < -0.39 is 0 Å². The summed E-state index contributed by atoms with van der Waals surface area (Å²) in [6, 6.07) is 5.30. The normalized spacial score (nSPS) is 12.7. The molecule has 0 aliphatic carbocycles. The molecule has 1 atom stereocenters. The molecule has 0 amide bonds. The van der Waals surface area contributed by atoms with E-state index in [4.69, 9.17) is 5.11 Å². The Morgan fingerprint density at radius 2 is 1.95 bits per heavy atom. The number of Topliss-reactive ketones (excluding diaryl/α,β-unsaturated/α-hetero) is 1. The third kappa shape index (κ3) is 4.73. The molecule has 1 rings (SSSR count). The number of carbonyl (C=O) groups is 1. The number of aliphatic hydroxyl groups is 1. The Hall–Kier alpha value is -1.26. The van der Waals surface area contributed by atoms with E-state index in [0.717, 1.165) is 19.4 Å². The molecule has 1 aromatic carbocycles. The summed E-state index contributed by atoms with van der Waals surface area (Å²) in [6.45, 7) is 5.21. The summed E-state index contributed by atoms with van der Waals surface area (Å²) < 4.78 is 12.8. The lowest BCUT2D eigenvalue weighted by Gasteiger charge is -2.27. The Kier molecular flexibility index (Phi) is 6.67. The third-order valence-corrected chi connectivity index (χ3v) is 3.24. The average molecular weight is 267 g/mol. The van der Waals surface area contributed by atoms with E-state index in [1.807, 2.05) is 11.8 Å². The molecule has 1 N–H and O–H groups in total. The quantitative estimate of drug-likeness (QED) is 0.736. The van der Waals surface area contributed by atoms with E-state index in [1.54, 1.807) is 0 Å². The molecule has 4 heteroatoms. The number of hydrogen-bond acceptors (Lipinski definition) is 3. The van der Waals surface area contributed by atoms with E-state index in [1.165, 1.54) is 24.3 Å². The Morgan fingerprint density at radius 1 is 1.32 bits per heavy atom. The number of aliphatic hydroxyl groups excluding tert-OH is 1. The number of unbranched alkanes of at least 4 members (excludes halogenated alkanes) is 1. The predicted octanol–water partition coefficient (Wildman–Crippen LogP) is 2.49. The molecule has 0 heterocycles. The number of benzene rings is 1. The molecule has 0 saturated carbocycles. The zero-order valence-corrected chi connectivity index (χ0v) is 11.6. The van der Waals surface area contributed by atoms with E-state index in [2.05, 4.69) is 6.92 Å². The zero-order valence-electron chi connectivity index (χ0n) is 11.6.